The van der Waals surface area contributed by atoms with Crippen molar-refractivity contribution < 1.29 is 19.4 Å². The Labute approximate surface area is 93.6 Å². The maximum absolute atomic E-state index is 11.2. The molecule has 0 aliphatic heterocycles. The highest BCUT2D eigenvalue weighted by Crippen LogP contribution is 2.13. The molecule has 0 saturated carbocycles. The lowest BCUT2D eigenvalue weighted by atomic mass is 10.3. The van der Waals surface area contributed by atoms with Crippen LogP contribution in [-0.4, -0.2) is 48.2 Å². The number of hydrogen-bond donors (Lipinski definition) is 2. The summed E-state index contributed by atoms with van der Waals surface area (Å²) in [7, 11) is 1.57. The topological polar surface area (TPSA) is 75.6 Å². The number of ether oxygens (including phenoxy) is 1. The van der Waals surface area contributed by atoms with Gasteiger partial charge in [-0.15, -0.1) is 11.8 Å². The molecule has 0 radical (unpaired) electrons. The molecule has 2 N–H and O–H groups in total. The van der Waals surface area contributed by atoms with Gasteiger partial charge in [0.25, 0.3) is 0 Å². The number of hydrogen-bond acceptors (Lipinski definition) is 4. The second-order valence-corrected chi connectivity index (χ2v) is 4.49. The van der Waals surface area contributed by atoms with E-state index in [1.54, 1.807) is 14.0 Å². The van der Waals surface area contributed by atoms with E-state index in [-0.39, 0.29) is 23.3 Å². The predicted molar refractivity (Wildman–Crippen MR) is 59.1 cm³/mol. The van der Waals surface area contributed by atoms with Crippen LogP contribution in [0.4, 0.5) is 0 Å². The zero-order chi connectivity index (χ0) is 11.7. The first-order chi connectivity index (χ1) is 7.06. The van der Waals surface area contributed by atoms with Crippen LogP contribution in [0.1, 0.15) is 13.3 Å². The maximum atomic E-state index is 11.2. The van der Waals surface area contributed by atoms with Gasteiger partial charge in [0.05, 0.1) is 18.8 Å². The van der Waals surface area contributed by atoms with Crippen molar-refractivity contribution in [3.8, 4) is 0 Å². The van der Waals surface area contributed by atoms with Gasteiger partial charge >= 0.3 is 5.97 Å². The van der Waals surface area contributed by atoms with Gasteiger partial charge < -0.3 is 15.2 Å². The molecule has 1 unspecified atom stereocenters. The largest absolute Gasteiger partial charge is 0.481 e. The summed E-state index contributed by atoms with van der Waals surface area (Å²) in [6.45, 7) is 2.77. The molecule has 0 heterocycles. The number of amides is 1. The smallest absolute Gasteiger partial charge is 0.304 e. The molecule has 15 heavy (non-hydrogen) atoms. The van der Waals surface area contributed by atoms with Crippen LogP contribution >= 0.6 is 11.8 Å². The molecule has 0 aromatic heterocycles. The van der Waals surface area contributed by atoms with E-state index in [0.29, 0.717) is 13.2 Å². The Bertz CT molecular complexity index is 210. The first kappa shape index (κ1) is 14.2. The van der Waals surface area contributed by atoms with Crippen molar-refractivity contribution in [1.82, 2.24) is 5.32 Å². The lowest BCUT2D eigenvalue weighted by molar-refractivity contribution is -0.136. The predicted octanol–water partition coefficient (Wildman–Crippen LogP) is 0.345. The van der Waals surface area contributed by atoms with Gasteiger partial charge in [-0.25, -0.2) is 0 Å². The summed E-state index contributed by atoms with van der Waals surface area (Å²) in [5.41, 5.74) is 0. The van der Waals surface area contributed by atoms with Crippen LogP contribution in [0.2, 0.25) is 0 Å². The third-order valence-corrected chi connectivity index (χ3v) is 2.75. The molecule has 0 aromatic rings. The molecule has 0 spiro atoms. The Morgan fingerprint density at radius 2 is 2.20 bits per heavy atom. The van der Waals surface area contributed by atoms with E-state index in [1.807, 2.05) is 0 Å². The average Bonchev–Trinajstić information content (AvgIpc) is 2.14. The zero-order valence-electron chi connectivity index (χ0n) is 8.99. The Morgan fingerprint density at radius 1 is 1.53 bits per heavy atom. The lowest BCUT2D eigenvalue weighted by Gasteiger charge is -2.08. The van der Waals surface area contributed by atoms with Crippen LogP contribution in [0, 0.1) is 0 Å². The molecule has 0 saturated heterocycles. The monoisotopic (exact) mass is 235 g/mol. The van der Waals surface area contributed by atoms with Crippen LogP contribution in [0.3, 0.4) is 0 Å². The molecular weight excluding hydrogens is 218 g/mol. The molecule has 5 nitrogen and oxygen atoms in total. The van der Waals surface area contributed by atoms with Crippen molar-refractivity contribution >= 4 is 23.6 Å². The summed E-state index contributed by atoms with van der Waals surface area (Å²) in [5.74, 6) is -0.637. The minimum Gasteiger partial charge on any atom is -0.481 e. The highest BCUT2D eigenvalue weighted by Gasteiger charge is 2.10. The van der Waals surface area contributed by atoms with Gasteiger partial charge in [0.15, 0.2) is 0 Å². The molecule has 88 valence electrons. The van der Waals surface area contributed by atoms with E-state index >= 15 is 0 Å². The van der Waals surface area contributed by atoms with E-state index in [9.17, 15) is 9.59 Å². The molecule has 1 atom stereocenters. The van der Waals surface area contributed by atoms with Crippen molar-refractivity contribution in [2.45, 2.75) is 18.6 Å². The summed E-state index contributed by atoms with van der Waals surface area (Å²) < 4.78 is 4.77. The molecular formula is C9H17NO4S. The summed E-state index contributed by atoms with van der Waals surface area (Å²) in [6, 6.07) is 0. The maximum Gasteiger partial charge on any atom is 0.304 e. The Kier molecular flexibility index (Phi) is 8.12. The van der Waals surface area contributed by atoms with E-state index in [4.69, 9.17) is 9.84 Å². The SMILES string of the molecule is COCCNC(=O)CSC(C)CC(=O)O. The third kappa shape index (κ3) is 9.55. The molecule has 0 rings (SSSR count). The van der Waals surface area contributed by atoms with Crippen molar-refractivity contribution in [2.75, 3.05) is 26.0 Å². The van der Waals surface area contributed by atoms with E-state index < -0.39 is 5.97 Å². The van der Waals surface area contributed by atoms with Crippen LogP contribution < -0.4 is 5.32 Å². The van der Waals surface area contributed by atoms with Gasteiger partial charge in [-0.05, 0) is 0 Å². The van der Waals surface area contributed by atoms with Crippen molar-refractivity contribution in [2.24, 2.45) is 0 Å². The van der Waals surface area contributed by atoms with Crippen LogP contribution in [0.5, 0.6) is 0 Å². The number of carbonyl (C=O) groups excluding carboxylic acids is 1. The molecule has 0 aromatic carbocycles. The number of thioether (sulfide) groups is 1. The highest BCUT2D eigenvalue weighted by molar-refractivity contribution is 8.00. The molecule has 0 bridgehead atoms. The summed E-state index contributed by atoms with van der Waals surface area (Å²) in [6.07, 6.45) is 0.0794. The quantitative estimate of drug-likeness (QED) is 0.594. The van der Waals surface area contributed by atoms with Crippen LogP contribution in [0.15, 0.2) is 0 Å². The first-order valence-corrected chi connectivity index (χ1v) is 5.70. The number of aliphatic carboxylic acids is 1. The highest BCUT2D eigenvalue weighted by atomic mass is 32.2. The van der Waals surface area contributed by atoms with Crippen molar-refractivity contribution in [3.63, 3.8) is 0 Å². The van der Waals surface area contributed by atoms with Gasteiger partial charge in [-0.1, -0.05) is 6.92 Å². The van der Waals surface area contributed by atoms with Crippen LogP contribution in [-0.2, 0) is 14.3 Å². The standard InChI is InChI=1S/C9H17NO4S/c1-7(5-9(12)13)15-6-8(11)10-3-4-14-2/h7H,3-6H2,1-2H3,(H,10,11)(H,12,13). The number of methoxy groups -OCH3 is 1. The molecule has 1 amide bonds. The molecule has 6 heteroatoms. The fourth-order valence-corrected chi connectivity index (χ4v) is 1.66. The number of carboxylic acid groups (broad SMARTS) is 1. The Hall–Kier alpha value is -0.750. The van der Waals surface area contributed by atoms with Crippen LogP contribution in [0.25, 0.3) is 0 Å². The normalized spacial score (nSPS) is 12.1. The minimum atomic E-state index is -0.838. The third-order valence-electron chi connectivity index (χ3n) is 1.59. The Balaban J connectivity index is 3.48. The average molecular weight is 235 g/mol. The van der Waals surface area contributed by atoms with E-state index in [1.165, 1.54) is 11.8 Å². The molecule has 0 fully saturated rings. The van der Waals surface area contributed by atoms with Gasteiger partial charge in [0, 0.05) is 18.9 Å². The minimum absolute atomic E-state index is 0.0457. The van der Waals surface area contributed by atoms with Gasteiger partial charge in [0.1, 0.15) is 0 Å². The van der Waals surface area contributed by atoms with Gasteiger partial charge in [-0.2, -0.15) is 0 Å². The fourth-order valence-electron chi connectivity index (χ4n) is 0.866. The lowest BCUT2D eigenvalue weighted by Crippen LogP contribution is -2.29. The van der Waals surface area contributed by atoms with Crippen molar-refractivity contribution in [3.05, 3.63) is 0 Å². The van der Waals surface area contributed by atoms with Gasteiger partial charge in [0.2, 0.25) is 5.91 Å². The second kappa shape index (κ2) is 8.55. The molecule has 0 aliphatic rings. The van der Waals surface area contributed by atoms with Gasteiger partial charge in [-0.3, -0.25) is 9.59 Å². The number of rotatable bonds is 8. The number of carbonyl (C=O) groups is 2. The summed E-state index contributed by atoms with van der Waals surface area (Å²) in [4.78, 5) is 21.5. The van der Waals surface area contributed by atoms with E-state index in [0.717, 1.165) is 0 Å². The molecule has 0 aliphatic carbocycles. The Morgan fingerprint density at radius 3 is 2.73 bits per heavy atom. The van der Waals surface area contributed by atoms with E-state index in [2.05, 4.69) is 5.32 Å². The fraction of sp³-hybridized carbons (Fsp3) is 0.778. The second-order valence-electron chi connectivity index (χ2n) is 3.06. The first-order valence-electron chi connectivity index (χ1n) is 4.65. The van der Waals surface area contributed by atoms with Crippen molar-refractivity contribution in [1.29, 1.82) is 0 Å². The summed E-state index contributed by atoms with van der Waals surface area (Å²) in [5, 5.41) is 11.1. The number of carboxylic acids is 1. The number of nitrogens with one attached hydrogen (secondary N) is 1. The zero-order valence-corrected chi connectivity index (χ0v) is 9.80. The summed E-state index contributed by atoms with van der Waals surface area (Å²) >= 11 is 1.34.